The largest absolute Gasteiger partial charge is 0.368 e. The van der Waals surface area contributed by atoms with Gasteiger partial charge < -0.3 is 11.1 Å². The van der Waals surface area contributed by atoms with E-state index in [4.69, 9.17) is 5.73 Å². The third-order valence-corrected chi connectivity index (χ3v) is 4.05. The summed E-state index contributed by atoms with van der Waals surface area (Å²) in [6, 6.07) is 15.0. The van der Waals surface area contributed by atoms with Crippen LogP contribution >= 0.6 is 0 Å². The molecule has 4 rings (SSSR count). The van der Waals surface area contributed by atoms with Crippen molar-refractivity contribution in [3.05, 3.63) is 76.6 Å². The molecule has 0 atom stereocenters. The SMILES string of the molecule is Cc1ccc(Nc2nc(N)nc(Cn3cnc4ccccc4c3=O)n2)cc1. The number of para-hydroxylation sites is 1. The molecule has 8 nitrogen and oxygen atoms in total. The maximum atomic E-state index is 12.6. The molecule has 0 spiro atoms. The number of hydrogen-bond acceptors (Lipinski definition) is 7. The number of anilines is 3. The normalized spacial score (nSPS) is 10.9. The van der Waals surface area contributed by atoms with Gasteiger partial charge in [-0.05, 0) is 31.2 Å². The Morgan fingerprint density at radius 3 is 2.63 bits per heavy atom. The van der Waals surface area contributed by atoms with E-state index in [1.807, 2.05) is 37.3 Å². The van der Waals surface area contributed by atoms with E-state index in [1.54, 1.807) is 18.2 Å². The zero-order valence-electron chi connectivity index (χ0n) is 14.6. The molecule has 0 aliphatic carbocycles. The summed E-state index contributed by atoms with van der Waals surface area (Å²) in [7, 11) is 0. The first-order valence-electron chi connectivity index (χ1n) is 8.37. The molecule has 2 aromatic carbocycles. The lowest BCUT2D eigenvalue weighted by atomic mass is 10.2. The van der Waals surface area contributed by atoms with Crippen molar-refractivity contribution in [3.63, 3.8) is 0 Å². The van der Waals surface area contributed by atoms with Crippen molar-refractivity contribution in [2.45, 2.75) is 13.5 Å². The molecule has 0 bridgehead atoms. The van der Waals surface area contributed by atoms with Crippen LogP contribution in [-0.4, -0.2) is 24.5 Å². The third kappa shape index (κ3) is 3.59. The van der Waals surface area contributed by atoms with E-state index in [2.05, 4.69) is 25.3 Å². The third-order valence-electron chi connectivity index (χ3n) is 4.05. The number of nitrogens with one attached hydrogen (secondary N) is 1. The Balaban J connectivity index is 1.64. The van der Waals surface area contributed by atoms with Gasteiger partial charge in [-0.3, -0.25) is 9.36 Å². The predicted octanol–water partition coefficient (Wildman–Crippen LogP) is 2.26. The quantitative estimate of drug-likeness (QED) is 0.575. The second kappa shape index (κ2) is 6.83. The fourth-order valence-electron chi connectivity index (χ4n) is 2.70. The van der Waals surface area contributed by atoms with Crippen LogP contribution in [0.3, 0.4) is 0 Å². The average Bonchev–Trinajstić information content (AvgIpc) is 2.66. The first kappa shape index (κ1) is 16.6. The van der Waals surface area contributed by atoms with Crippen molar-refractivity contribution in [1.82, 2.24) is 24.5 Å². The fraction of sp³-hybridized carbons (Fsp3) is 0.105. The van der Waals surface area contributed by atoms with Crippen molar-refractivity contribution in [1.29, 1.82) is 0 Å². The smallest absolute Gasteiger partial charge is 0.261 e. The van der Waals surface area contributed by atoms with Gasteiger partial charge in [0.05, 0.1) is 23.8 Å². The second-order valence-electron chi connectivity index (χ2n) is 6.12. The summed E-state index contributed by atoms with van der Waals surface area (Å²) in [5.41, 5.74) is 8.29. The summed E-state index contributed by atoms with van der Waals surface area (Å²) < 4.78 is 1.45. The minimum atomic E-state index is -0.160. The number of nitrogens with zero attached hydrogens (tertiary/aromatic N) is 5. The summed E-state index contributed by atoms with van der Waals surface area (Å²) in [6.07, 6.45) is 1.48. The van der Waals surface area contributed by atoms with Crippen molar-refractivity contribution in [3.8, 4) is 0 Å². The first-order valence-corrected chi connectivity index (χ1v) is 8.37. The molecule has 0 saturated heterocycles. The van der Waals surface area contributed by atoms with E-state index < -0.39 is 0 Å². The van der Waals surface area contributed by atoms with E-state index in [0.29, 0.717) is 22.7 Å². The number of fused-ring (bicyclic) bond motifs is 1. The number of hydrogen-bond donors (Lipinski definition) is 2. The van der Waals surface area contributed by atoms with Crippen molar-refractivity contribution >= 4 is 28.5 Å². The lowest BCUT2D eigenvalue weighted by Gasteiger charge is -2.09. The maximum Gasteiger partial charge on any atom is 0.261 e. The summed E-state index contributed by atoms with van der Waals surface area (Å²) in [5.74, 6) is 0.774. The van der Waals surface area contributed by atoms with Gasteiger partial charge in [-0.15, -0.1) is 0 Å². The molecule has 0 aliphatic heterocycles. The first-order chi connectivity index (χ1) is 13.1. The van der Waals surface area contributed by atoms with Gasteiger partial charge in [0.1, 0.15) is 0 Å². The molecule has 0 radical (unpaired) electrons. The number of aryl methyl sites for hydroxylation is 1. The number of aromatic nitrogens is 5. The Hall–Kier alpha value is -3.81. The van der Waals surface area contributed by atoms with Crippen molar-refractivity contribution < 1.29 is 0 Å². The van der Waals surface area contributed by atoms with E-state index in [1.165, 1.54) is 10.9 Å². The highest BCUT2D eigenvalue weighted by atomic mass is 16.1. The minimum absolute atomic E-state index is 0.0800. The molecular weight excluding hydrogens is 342 g/mol. The molecule has 0 fully saturated rings. The highest BCUT2D eigenvalue weighted by Crippen LogP contribution is 2.14. The number of nitrogens with two attached hydrogens (primary N) is 1. The van der Waals surface area contributed by atoms with Gasteiger partial charge in [0, 0.05) is 5.69 Å². The van der Waals surface area contributed by atoms with E-state index in [-0.39, 0.29) is 18.1 Å². The maximum absolute atomic E-state index is 12.6. The predicted molar refractivity (Wildman–Crippen MR) is 104 cm³/mol. The fourth-order valence-corrected chi connectivity index (χ4v) is 2.70. The lowest BCUT2D eigenvalue weighted by Crippen LogP contribution is -2.22. The van der Waals surface area contributed by atoms with Gasteiger partial charge in [0.15, 0.2) is 5.82 Å². The summed E-state index contributed by atoms with van der Waals surface area (Å²) in [6.45, 7) is 2.16. The molecule has 4 aromatic rings. The number of rotatable bonds is 4. The zero-order chi connectivity index (χ0) is 18.8. The van der Waals surface area contributed by atoms with Crippen molar-refractivity contribution in [2.75, 3.05) is 11.1 Å². The number of benzene rings is 2. The average molecular weight is 359 g/mol. The summed E-state index contributed by atoms with van der Waals surface area (Å²) in [4.78, 5) is 29.5. The number of nitrogen functional groups attached to an aromatic ring is 1. The monoisotopic (exact) mass is 359 g/mol. The van der Waals surface area contributed by atoms with Gasteiger partial charge in [-0.2, -0.15) is 15.0 Å². The molecule has 134 valence electrons. The second-order valence-corrected chi connectivity index (χ2v) is 6.12. The highest BCUT2D eigenvalue weighted by Gasteiger charge is 2.09. The molecule has 27 heavy (non-hydrogen) atoms. The summed E-state index contributed by atoms with van der Waals surface area (Å²) >= 11 is 0. The molecule has 0 unspecified atom stereocenters. The molecule has 0 saturated carbocycles. The van der Waals surface area contributed by atoms with E-state index in [0.717, 1.165) is 11.3 Å². The van der Waals surface area contributed by atoms with Gasteiger partial charge in [0.25, 0.3) is 5.56 Å². The van der Waals surface area contributed by atoms with Crippen LogP contribution in [0.1, 0.15) is 11.4 Å². The molecule has 0 aliphatic rings. The molecule has 2 heterocycles. The lowest BCUT2D eigenvalue weighted by molar-refractivity contribution is 0.704. The van der Waals surface area contributed by atoms with Crippen molar-refractivity contribution in [2.24, 2.45) is 0 Å². The van der Waals surface area contributed by atoms with Crippen LogP contribution in [0.5, 0.6) is 0 Å². The standard InChI is InChI=1S/C19H17N7O/c1-12-6-8-13(9-7-12)22-19-24-16(23-18(20)25-19)10-26-11-21-15-5-3-2-4-14(15)17(26)27/h2-9,11H,10H2,1H3,(H3,20,22,23,24,25). The molecule has 3 N–H and O–H groups in total. The highest BCUT2D eigenvalue weighted by molar-refractivity contribution is 5.76. The summed E-state index contributed by atoms with van der Waals surface area (Å²) in [5, 5.41) is 3.64. The molecule has 0 amide bonds. The van der Waals surface area contributed by atoms with Crippen LogP contribution in [-0.2, 0) is 6.54 Å². The molecule has 8 heteroatoms. The Morgan fingerprint density at radius 2 is 1.81 bits per heavy atom. The Labute approximate surface area is 154 Å². The molecular formula is C19H17N7O. The van der Waals surface area contributed by atoms with Crippen LogP contribution in [0.2, 0.25) is 0 Å². The minimum Gasteiger partial charge on any atom is -0.368 e. The van der Waals surface area contributed by atoms with Crippen LogP contribution in [0.25, 0.3) is 10.9 Å². The Bertz CT molecular complexity index is 1170. The van der Waals surface area contributed by atoms with Gasteiger partial charge >= 0.3 is 0 Å². The van der Waals surface area contributed by atoms with Crippen LogP contribution in [0.15, 0.2) is 59.7 Å². The van der Waals surface area contributed by atoms with Gasteiger partial charge in [-0.25, -0.2) is 4.98 Å². The zero-order valence-corrected chi connectivity index (χ0v) is 14.6. The topological polar surface area (TPSA) is 112 Å². The van der Waals surface area contributed by atoms with Gasteiger partial charge in [-0.1, -0.05) is 29.8 Å². The van der Waals surface area contributed by atoms with Crippen LogP contribution in [0.4, 0.5) is 17.6 Å². The van der Waals surface area contributed by atoms with Crippen LogP contribution in [0, 0.1) is 6.92 Å². The Kier molecular flexibility index (Phi) is 4.21. The van der Waals surface area contributed by atoms with E-state index >= 15 is 0 Å². The molecule has 2 aromatic heterocycles. The van der Waals surface area contributed by atoms with Crippen LogP contribution < -0.4 is 16.6 Å². The van der Waals surface area contributed by atoms with Gasteiger partial charge in [0.2, 0.25) is 11.9 Å². The Morgan fingerprint density at radius 1 is 1.04 bits per heavy atom. The van der Waals surface area contributed by atoms with E-state index in [9.17, 15) is 4.79 Å².